The smallest absolute Gasteiger partial charge is 0.112 e. The minimum Gasteiger partial charge on any atom is -0.432 e. The zero-order valence-electron chi connectivity index (χ0n) is 14.9. The minimum atomic E-state index is -4.36. The quantitative estimate of drug-likeness (QED) is 0.478. The van der Waals surface area contributed by atoms with Crippen molar-refractivity contribution < 1.29 is 16.8 Å². The van der Waals surface area contributed by atoms with Crippen LogP contribution in [0.4, 0.5) is 5.69 Å². The number of nitrogens with zero attached hydrogens (tertiary/aromatic N) is 1. The van der Waals surface area contributed by atoms with E-state index in [2.05, 4.69) is 11.1 Å². The molecule has 2 N–H and O–H groups in total. The van der Waals surface area contributed by atoms with Crippen molar-refractivity contribution in [2.45, 2.75) is 50.3 Å². The maximum absolute atomic E-state index is 12.6. The number of hydrogen-bond donors (Lipinski definition) is 1. The molecule has 0 amide bonds. The van der Waals surface area contributed by atoms with E-state index in [0.717, 1.165) is 32.1 Å². The van der Waals surface area contributed by atoms with E-state index in [1.807, 2.05) is 0 Å². The van der Waals surface area contributed by atoms with E-state index in [1.165, 1.54) is 6.07 Å². The number of nitrogen functional groups attached to an aromatic ring is 1. The average molecular weight is 398 g/mol. The van der Waals surface area contributed by atoms with Crippen molar-refractivity contribution in [3.8, 4) is 0 Å². The fraction of sp³-hybridized carbons (Fsp3) is 0.444. The van der Waals surface area contributed by atoms with Crippen LogP contribution in [0.5, 0.6) is 0 Å². The molecule has 0 radical (unpaired) electrons. The summed E-state index contributed by atoms with van der Waals surface area (Å²) in [6.45, 7) is 2.11. The predicted molar refractivity (Wildman–Crippen MR) is 106 cm³/mol. The summed E-state index contributed by atoms with van der Waals surface area (Å²) in [5.74, 6) is -0.265. The first-order valence-corrected chi connectivity index (χ1v) is 11.8. The van der Waals surface area contributed by atoms with Gasteiger partial charge in [-0.1, -0.05) is 63.3 Å². The summed E-state index contributed by atoms with van der Waals surface area (Å²) in [6, 6.07) is 9.60. The number of benzene rings is 2. The molecule has 26 heavy (non-hydrogen) atoms. The topological polar surface area (TPSA) is 108 Å². The molecule has 2 aromatic rings. The van der Waals surface area contributed by atoms with Crippen molar-refractivity contribution in [3.05, 3.63) is 40.5 Å². The highest BCUT2D eigenvalue weighted by Gasteiger charge is 2.15. The number of fused-ring (bicyclic) bond motifs is 1. The van der Waals surface area contributed by atoms with E-state index < -0.39 is 20.0 Å². The first-order chi connectivity index (χ1) is 12.3. The molecule has 0 aliphatic rings. The standard InChI is InChI=1S/C18H25N2O4S2/c1-2-3-4-5-6-7-14-25(21,22)20-26(23,24)17-13-9-11-15-10-8-12-16(19)18(15)17/h8-13H,2-7,14,19H2,1H3/q-1. The highest BCUT2D eigenvalue weighted by Crippen LogP contribution is 2.32. The molecule has 8 heteroatoms. The summed E-state index contributed by atoms with van der Waals surface area (Å²) < 4.78 is 52.7. The third-order valence-corrected chi connectivity index (χ3v) is 7.54. The van der Waals surface area contributed by atoms with Crippen LogP contribution in [0.1, 0.15) is 45.4 Å². The molecule has 0 heterocycles. The fourth-order valence-corrected chi connectivity index (χ4v) is 5.97. The molecule has 0 aromatic heterocycles. The van der Waals surface area contributed by atoms with Gasteiger partial charge in [0.1, 0.15) is 10.0 Å². The first kappa shape index (κ1) is 20.7. The molecule has 0 fully saturated rings. The van der Waals surface area contributed by atoms with Gasteiger partial charge < -0.3 is 9.86 Å². The average Bonchev–Trinajstić information content (AvgIpc) is 2.57. The van der Waals surface area contributed by atoms with Crippen molar-refractivity contribution >= 4 is 36.5 Å². The van der Waals surface area contributed by atoms with Gasteiger partial charge in [-0.05, 0) is 23.9 Å². The van der Waals surface area contributed by atoms with Crippen LogP contribution in [-0.4, -0.2) is 22.6 Å². The van der Waals surface area contributed by atoms with E-state index in [-0.39, 0.29) is 16.3 Å². The normalized spacial score (nSPS) is 12.5. The fourth-order valence-electron chi connectivity index (χ4n) is 2.84. The molecule has 0 unspecified atom stereocenters. The van der Waals surface area contributed by atoms with E-state index in [1.54, 1.807) is 30.3 Å². The van der Waals surface area contributed by atoms with Crippen LogP contribution in [0.2, 0.25) is 0 Å². The molecular formula is C18H25N2O4S2-. The minimum absolute atomic E-state index is 0.181. The van der Waals surface area contributed by atoms with Crippen molar-refractivity contribution in [2.24, 2.45) is 0 Å². The molecule has 0 spiro atoms. The monoisotopic (exact) mass is 397 g/mol. The lowest BCUT2D eigenvalue weighted by Crippen LogP contribution is -2.11. The van der Waals surface area contributed by atoms with Crippen LogP contribution >= 0.6 is 0 Å². The molecule has 2 aromatic carbocycles. The van der Waals surface area contributed by atoms with Crippen molar-refractivity contribution in [1.82, 2.24) is 0 Å². The molecule has 0 saturated heterocycles. The van der Waals surface area contributed by atoms with E-state index in [0.29, 0.717) is 17.2 Å². The highest BCUT2D eigenvalue weighted by molar-refractivity contribution is 8.12. The lowest BCUT2D eigenvalue weighted by atomic mass is 10.1. The Kier molecular flexibility index (Phi) is 7.02. The molecule has 0 bridgehead atoms. The van der Waals surface area contributed by atoms with Gasteiger partial charge in [-0.3, -0.25) is 0 Å². The molecule has 144 valence electrons. The summed E-state index contributed by atoms with van der Waals surface area (Å²) in [5.41, 5.74) is 6.17. The van der Waals surface area contributed by atoms with Crippen LogP contribution < -0.4 is 5.73 Å². The van der Waals surface area contributed by atoms with Crippen molar-refractivity contribution in [1.29, 1.82) is 0 Å². The second-order valence-corrected chi connectivity index (χ2v) is 9.86. The summed E-state index contributed by atoms with van der Waals surface area (Å²) in [6.07, 6.45) is 5.38. The summed E-state index contributed by atoms with van der Waals surface area (Å²) in [4.78, 5) is -0.181. The van der Waals surface area contributed by atoms with Gasteiger partial charge >= 0.3 is 0 Å². The van der Waals surface area contributed by atoms with Crippen LogP contribution in [0, 0.1) is 0 Å². The van der Waals surface area contributed by atoms with Crippen LogP contribution in [0.25, 0.3) is 14.9 Å². The largest absolute Gasteiger partial charge is 0.432 e. The number of nitrogens with two attached hydrogens (primary N) is 1. The Labute approximate surface area is 155 Å². The lowest BCUT2D eigenvalue weighted by molar-refractivity contribution is 0.587. The first-order valence-electron chi connectivity index (χ1n) is 8.76. The van der Waals surface area contributed by atoms with Gasteiger partial charge in [-0.25, -0.2) is 16.8 Å². The second-order valence-electron chi connectivity index (χ2n) is 6.30. The Morgan fingerprint density at radius 1 is 0.885 bits per heavy atom. The molecule has 0 saturated carbocycles. The predicted octanol–water partition coefficient (Wildman–Crippen LogP) is 4.17. The Bertz CT molecular complexity index is 949. The SMILES string of the molecule is CCCCCCCCS(=O)(=O)[N-]S(=O)(=O)c1cccc2cccc(N)c12. The van der Waals surface area contributed by atoms with Gasteiger partial charge in [0.25, 0.3) is 0 Å². The van der Waals surface area contributed by atoms with E-state index in [4.69, 9.17) is 5.73 Å². The van der Waals surface area contributed by atoms with Gasteiger partial charge in [0, 0.05) is 16.8 Å². The van der Waals surface area contributed by atoms with Gasteiger partial charge in [-0.15, -0.1) is 0 Å². The third-order valence-electron chi connectivity index (χ3n) is 4.14. The number of sulfonamides is 2. The maximum Gasteiger partial charge on any atom is 0.112 e. The maximum atomic E-state index is 12.6. The summed E-state index contributed by atoms with van der Waals surface area (Å²) >= 11 is 0. The Hall–Kier alpha value is -1.64. The van der Waals surface area contributed by atoms with Crippen molar-refractivity contribution in [2.75, 3.05) is 11.5 Å². The molecule has 2 rings (SSSR count). The number of anilines is 1. The summed E-state index contributed by atoms with van der Waals surface area (Å²) in [5, 5.41) is 0.920. The van der Waals surface area contributed by atoms with E-state index in [9.17, 15) is 16.8 Å². The van der Waals surface area contributed by atoms with Gasteiger partial charge in [0.05, 0.1) is 14.9 Å². The number of unbranched alkanes of at least 4 members (excludes halogenated alkanes) is 5. The van der Waals surface area contributed by atoms with Crippen LogP contribution in [-0.2, 0) is 20.0 Å². The molecule has 0 aliphatic heterocycles. The number of rotatable bonds is 10. The van der Waals surface area contributed by atoms with Gasteiger partial charge in [0.15, 0.2) is 0 Å². The molecule has 0 aliphatic carbocycles. The second kappa shape index (κ2) is 8.83. The zero-order valence-corrected chi connectivity index (χ0v) is 16.5. The van der Waals surface area contributed by atoms with Crippen LogP contribution in [0.15, 0.2) is 41.3 Å². The Balaban J connectivity index is 2.13. The van der Waals surface area contributed by atoms with Gasteiger partial charge in [0.2, 0.25) is 0 Å². The Morgan fingerprint density at radius 3 is 2.19 bits per heavy atom. The zero-order chi connectivity index (χ0) is 19.2. The van der Waals surface area contributed by atoms with Crippen molar-refractivity contribution in [3.63, 3.8) is 0 Å². The summed E-state index contributed by atoms with van der Waals surface area (Å²) in [7, 11) is -8.43. The highest BCUT2D eigenvalue weighted by atomic mass is 32.3. The lowest BCUT2D eigenvalue weighted by Gasteiger charge is -2.22. The van der Waals surface area contributed by atoms with Gasteiger partial charge in [-0.2, -0.15) is 0 Å². The molecule has 6 nitrogen and oxygen atoms in total. The molecular weight excluding hydrogens is 372 g/mol. The van der Waals surface area contributed by atoms with Crippen LogP contribution in [0.3, 0.4) is 0 Å². The third kappa shape index (κ3) is 5.43. The Morgan fingerprint density at radius 2 is 1.50 bits per heavy atom. The molecule has 0 atom stereocenters. The van der Waals surface area contributed by atoms with E-state index >= 15 is 0 Å². The number of hydrogen-bond acceptors (Lipinski definition) is 5.